The summed E-state index contributed by atoms with van der Waals surface area (Å²) in [5, 5.41) is 23.5. The number of nitrogens with zero attached hydrogens (tertiary/aromatic N) is 5. The Balaban J connectivity index is 2.19. The van der Waals surface area contributed by atoms with E-state index in [1.165, 1.54) is 29.5 Å². The van der Waals surface area contributed by atoms with E-state index >= 15 is 0 Å². The predicted molar refractivity (Wildman–Crippen MR) is 69.9 cm³/mol. The highest BCUT2D eigenvalue weighted by atomic mass is 32.1. The Morgan fingerprint density at radius 3 is 2.89 bits per heavy atom. The van der Waals surface area contributed by atoms with Gasteiger partial charge in [-0.2, -0.15) is 9.61 Å². The number of anilines is 1. The molecule has 0 unspecified atom stereocenters. The molecule has 0 aliphatic rings. The number of hydrogen-bond acceptors (Lipinski definition) is 7. The first kappa shape index (κ1) is 11.5. The zero-order chi connectivity index (χ0) is 13.6. The van der Waals surface area contributed by atoms with Gasteiger partial charge in [-0.15, -0.1) is 10.2 Å². The Hall–Kier alpha value is -2.55. The lowest BCUT2D eigenvalue weighted by Gasteiger charge is -2.00. The molecule has 2 heterocycles. The van der Waals surface area contributed by atoms with Crippen molar-refractivity contribution in [2.24, 2.45) is 0 Å². The van der Waals surface area contributed by atoms with Crippen LogP contribution < -0.4 is 5.73 Å². The Morgan fingerprint density at radius 1 is 1.42 bits per heavy atom. The van der Waals surface area contributed by atoms with Gasteiger partial charge in [-0.05, 0) is 13.0 Å². The fraction of sp³-hybridized carbons (Fsp3) is 0.100. The highest BCUT2D eigenvalue weighted by molar-refractivity contribution is 7.19. The van der Waals surface area contributed by atoms with Crippen LogP contribution in [0.25, 0.3) is 15.5 Å². The summed E-state index contributed by atoms with van der Waals surface area (Å²) < 4.78 is 1.58. The van der Waals surface area contributed by atoms with Crippen molar-refractivity contribution in [2.45, 2.75) is 6.92 Å². The maximum absolute atomic E-state index is 10.8. The van der Waals surface area contributed by atoms with Crippen molar-refractivity contribution in [1.29, 1.82) is 0 Å². The third kappa shape index (κ3) is 1.80. The fourth-order valence-corrected chi connectivity index (χ4v) is 2.59. The molecule has 0 spiro atoms. The number of nitro groups is 1. The smallest absolute Gasteiger partial charge is 0.270 e. The first-order valence-electron chi connectivity index (χ1n) is 5.29. The van der Waals surface area contributed by atoms with Crippen LogP contribution in [0.2, 0.25) is 0 Å². The molecule has 1 aromatic carbocycles. The Morgan fingerprint density at radius 2 is 2.21 bits per heavy atom. The minimum Gasteiger partial charge on any atom is -0.398 e. The number of nitrogen functional groups attached to an aromatic ring is 1. The van der Waals surface area contributed by atoms with Crippen LogP contribution in [0, 0.1) is 17.0 Å². The molecular weight excluding hydrogens is 268 g/mol. The van der Waals surface area contributed by atoms with Gasteiger partial charge in [0.2, 0.25) is 4.96 Å². The summed E-state index contributed by atoms with van der Waals surface area (Å²) in [6.07, 6.45) is 0. The molecule has 3 rings (SSSR count). The summed E-state index contributed by atoms with van der Waals surface area (Å²) in [6.45, 7) is 1.78. The normalized spacial score (nSPS) is 11.0. The van der Waals surface area contributed by atoms with Crippen LogP contribution in [-0.4, -0.2) is 24.7 Å². The van der Waals surface area contributed by atoms with Crippen molar-refractivity contribution in [3.8, 4) is 10.6 Å². The van der Waals surface area contributed by atoms with Crippen LogP contribution in [0.4, 0.5) is 11.4 Å². The molecule has 0 amide bonds. The van der Waals surface area contributed by atoms with Crippen LogP contribution in [0.3, 0.4) is 0 Å². The average molecular weight is 276 g/mol. The molecule has 2 aromatic heterocycles. The monoisotopic (exact) mass is 276 g/mol. The van der Waals surface area contributed by atoms with Gasteiger partial charge in [0, 0.05) is 23.4 Å². The second kappa shape index (κ2) is 3.99. The van der Waals surface area contributed by atoms with Crippen LogP contribution >= 0.6 is 11.3 Å². The maximum atomic E-state index is 10.8. The average Bonchev–Trinajstić information content (AvgIpc) is 2.92. The third-order valence-electron chi connectivity index (χ3n) is 2.62. The van der Waals surface area contributed by atoms with Crippen molar-refractivity contribution in [3.05, 3.63) is 34.1 Å². The van der Waals surface area contributed by atoms with Crippen molar-refractivity contribution in [1.82, 2.24) is 19.8 Å². The molecule has 9 heteroatoms. The SMILES string of the molecule is Cc1nnc2sc(-c3cc([N+](=O)[O-])ccc3N)nn12. The molecule has 0 bridgehead atoms. The molecular formula is C10H8N6O2S. The summed E-state index contributed by atoms with van der Waals surface area (Å²) in [5.74, 6) is 0.654. The van der Waals surface area contributed by atoms with E-state index in [0.717, 1.165) is 0 Å². The largest absolute Gasteiger partial charge is 0.398 e. The van der Waals surface area contributed by atoms with Crippen LogP contribution in [0.15, 0.2) is 18.2 Å². The number of nitro benzene ring substituents is 1. The topological polar surface area (TPSA) is 112 Å². The number of benzene rings is 1. The molecule has 0 fully saturated rings. The van der Waals surface area contributed by atoms with E-state index in [4.69, 9.17) is 5.73 Å². The minimum atomic E-state index is -0.464. The minimum absolute atomic E-state index is 0.0214. The molecule has 0 aliphatic carbocycles. The molecule has 8 nitrogen and oxygen atoms in total. The lowest BCUT2D eigenvalue weighted by atomic mass is 10.1. The standard InChI is InChI=1S/C10H8N6O2S/c1-5-12-13-10-15(5)14-9(19-10)7-4-6(16(17)18)2-3-8(7)11/h2-4H,11H2,1H3. The molecule has 0 saturated heterocycles. The van der Waals surface area contributed by atoms with Gasteiger partial charge in [-0.3, -0.25) is 10.1 Å². The van der Waals surface area contributed by atoms with Crippen molar-refractivity contribution in [3.63, 3.8) is 0 Å². The second-order valence-electron chi connectivity index (χ2n) is 3.88. The van der Waals surface area contributed by atoms with E-state index in [9.17, 15) is 10.1 Å². The molecule has 19 heavy (non-hydrogen) atoms. The predicted octanol–water partition coefficient (Wildman–Crippen LogP) is 1.65. The lowest BCUT2D eigenvalue weighted by Crippen LogP contribution is -1.95. The Labute approximate surface area is 110 Å². The van der Waals surface area contributed by atoms with Gasteiger partial charge in [0.25, 0.3) is 5.69 Å². The number of fused-ring (bicyclic) bond motifs is 1. The molecule has 2 N–H and O–H groups in total. The van der Waals surface area contributed by atoms with E-state index in [0.29, 0.717) is 27.0 Å². The fourth-order valence-electron chi connectivity index (χ4n) is 1.67. The van der Waals surface area contributed by atoms with Gasteiger partial charge in [0.15, 0.2) is 5.82 Å². The molecule has 0 atom stereocenters. The zero-order valence-electron chi connectivity index (χ0n) is 9.77. The van der Waals surface area contributed by atoms with Gasteiger partial charge < -0.3 is 5.73 Å². The van der Waals surface area contributed by atoms with Gasteiger partial charge in [-0.25, -0.2) is 0 Å². The second-order valence-corrected chi connectivity index (χ2v) is 4.83. The first-order valence-corrected chi connectivity index (χ1v) is 6.11. The molecule has 96 valence electrons. The van der Waals surface area contributed by atoms with Crippen LogP contribution in [-0.2, 0) is 0 Å². The number of aryl methyl sites for hydroxylation is 1. The molecule has 0 radical (unpaired) electrons. The van der Waals surface area contributed by atoms with E-state index in [1.54, 1.807) is 11.4 Å². The molecule has 3 aromatic rings. The van der Waals surface area contributed by atoms with Crippen molar-refractivity contribution < 1.29 is 4.92 Å². The van der Waals surface area contributed by atoms with Crippen LogP contribution in [0.1, 0.15) is 5.82 Å². The lowest BCUT2D eigenvalue weighted by molar-refractivity contribution is -0.384. The van der Waals surface area contributed by atoms with Crippen LogP contribution in [0.5, 0.6) is 0 Å². The summed E-state index contributed by atoms with van der Waals surface area (Å²) in [6, 6.07) is 4.28. The van der Waals surface area contributed by atoms with Crippen molar-refractivity contribution >= 4 is 27.7 Å². The van der Waals surface area contributed by atoms with E-state index in [-0.39, 0.29) is 5.69 Å². The third-order valence-corrected chi connectivity index (χ3v) is 3.56. The highest BCUT2D eigenvalue weighted by Crippen LogP contribution is 2.32. The van der Waals surface area contributed by atoms with Gasteiger partial charge in [0.1, 0.15) is 5.01 Å². The van der Waals surface area contributed by atoms with E-state index < -0.39 is 4.92 Å². The van der Waals surface area contributed by atoms with E-state index in [1.807, 2.05) is 0 Å². The van der Waals surface area contributed by atoms with Gasteiger partial charge in [-0.1, -0.05) is 11.3 Å². The molecule has 0 saturated carbocycles. The summed E-state index contributed by atoms with van der Waals surface area (Å²) in [7, 11) is 0. The number of aromatic nitrogens is 4. The maximum Gasteiger partial charge on any atom is 0.270 e. The number of nitrogens with two attached hydrogens (primary N) is 1. The van der Waals surface area contributed by atoms with Gasteiger partial charge in [0.05, 0.1) is 4.92 Å². The van der Waals surface area contributed by atoms with E-state index in [2.05, 4.69) is 15.3 Å². The van der Waals surface area contributed by atoms with Gasteiger partial charge >= 0.3 is 0 Å². The Bertz CT molecular complexity index is 793. The quantitative estimate of drug-likeness (QED) is 0.432. The molecule has 0 aliphatic heterocycles. The first-order chi connectivity index (χ1) is 9.06. The number of non-ortho nitro benzene ring substituents is 1. The Kier molecular flexibility index (Phi) is 2.42. The highest BCUT2D eigenvalue weighted by Gasteiger charge is 2.16. The summed E-state index contributed by atoms with van der Waals surface area (Å²) in [5.41, 5.74) is 6.80. The number of hydrogen-bond donors (Lipinski definition) is 1. The summed E-state index contributed by atoms with van der Waals surface area (Å²) in [4.78, 5) is 11.0. The van der Waals surface area contributed by atoms with Crippen molar-refractivity contribution in [2.75, 3.05) is 5.73 Å². The number of rotatable bonds is 2. The zero-order valence-corrected chi connectivity index (χ0v) is 10.6. The summed E-state index contributed by atoms with van der Waals surface area (Å²) >= 11 is 1.28.